The molecule has 0 aliphatic carbocycles. The smallest absolute Gasteiger partial charge is 0.160 e. The number of hydrogen-bond acceptors (Lipinski definition) is 3. The summed E-state index contributed by atoms with van der Waals surface area (Å²) in [6.45, 7) is 1.40. The molecule has 0 bridgehead atoms. The highest BCUT2D eigenvalue weighted by Crippen LogP contribution is 2.21. The number of benzene rings is 1. The molecule has 3 nitrogen and oxygen atoms in total. The Morgan fingerprint density at radius 2 is 2.21 bits per heavy atom. The van der Waals surface area contributed by atoms with Gasteiger partial charge >= 0.3 is 0 Å². The van der Waals surface area contributed by atoms with Crippen LogP contribution in [0, 0.1) is 11.3 Å². The molecule has 0 aliphatic heterocycles. The van der Waals surface area contributed by atoms with Crippen LogP contribution in [-0.4, -0.2) is 12.1 Å². The second-order valence-corrected chi connectivity index (χ2v) is 3.56. The van der Waals surface area contributed by atoms with Crippen LogP contribution >= 0.6 is 15.9 Å². The van der Waals surface area contributed by atoms with E-state index < -0.39 is 0 Å². The molecular formula is C10H6BrNO2. The fraction of sp³-hybridized carbons (Fsp3) is 0.100. The second kappa shape index (κ2) is 4.16. The van der Waals surface area contributed by atoms with Gasteiger partial charge in [-0.1, -0.05) is 15.9 Å². The van der Waals surface area contributed by atoms with Crippen LogP contribution in [0.15, 0.2) is 16.6 Å². The Labute approximate surface area is 89.5 Å². The number of halogens is 1. The van der Waals surface area contributed by atoms with Crippen molar-refractivity contribution >= 4 is 28.0 Å². The highest BCUT2D eigenvalue weighted by atomic mass is 79.9. The standard InChI is InChI=1S/C10H6BrNO2/c1-6(14)9-2-7(4-12)8(5-13)3-10(9)11/h2-3,5H,1H3. The molecule has 4 heteroatoms. The third-order valence-corrected chi connectivity index (χ3v) is 2.42. The van der Waals surface area contributed by atoms with Crippen LogP contribution in [0.3, 0.4) is 0 Å². The summed E-state index contributed by atoms with van der Waals surface area (Å²) in [7, 11) is 0. The number of rotatable bonds is 2. The summed E-state index contributed by atoms with van der Waals surface area (Å²) in [5.74, 6) is -0.147. The molecule has 1 rings (SSSR count). The van der Waals surface area contributed by atoms with E-state index in [9.17, 15) is 9.59 Å². The van der Waals surface area contributed by atoms with E-state index in [1.807, 2.05) is 6.07 Å². The first-order valence-electron chi connectivity index (χ1n) is 3.80. The minimum absolute atomic E-state index is 0.147. The largest absolute Gasteiger partial charge is 0.298 e. The normalized spacial score (nSPS) is 9.21. The van der Waals surface area contributed by atoms with Crippen molar-refractivity contribution in [2.24, 2.45) is 0 Å². The summed E-state index contributed by atoms with van der Waals surface area (Å²) >= 11 is 3.16. The average molecular weight is 252 g/mol. The van der Waals surface area contributed by atoms with Crippen LogP contribution in [-0.2, 0) is 0 Å². The molecule has 0 unspecified atom stereocenters. The first kappa shape index (κ1) is 10.6. The van der Waals surface area contributed by atoms with Gasteiger partial charge in [0.15, 0.2) is 12.1 Å². The lowest BCUT2D eigenvalue weighted by Gasteiger charge is -2.02. The molecule has 0 aliphatic rings. The number of carbonyl (C=O) groups excluding carboxylic acids is 2. The van der Waals surface area contributed by atoms with Crippen LogP contribution in [0.5, 0.6) is 0 Å². The molecule has 0 heterocycles. The van der Waals surface area contributed by atoms with Gasteiger partial charge in [0.2, 0.25) is 0 Å². The predicted octanol–water partition coefficient (Wildman–Crippen LogP) is 2.34. The first-order chi connectivity index (χ1) is 6.60. The summed E-state index contributed by atoms with van der Waals surface area (Å²) in [6.07, 6.45) is 0.591. The van der Waals surface area contributed by atoms with Gasteiger partial charge in [-0.05, 0) is 19.1 Å². The molecule has 0 saturated heterocycles. The van der Waals surface area contributed by atoms with Crippen LogP contribution in [0.1, 0.15) is 33.2 Å². The van der Waals surface area contributed by atoms with Crippen LogP contribution in [0.2, 0.25) is 0 Å². The molecule has 0 N–H and O–H groups in total. The van der Waals surface area contributed by atoms with E-state index in [1.165, 1.54) is 19.1 Å². The highest BCUT2D eigenvalue weighted by Gasteiger charge is 2.10. The summed E-state index contributed by atoms with van der Waals surface area (Å²) in [4.78, 5) is 21.7. The molecule has 1 aromatic rings. The molecular weight excluding hydrogens is 246 g/mol. The topological polar surface area (TPSA) is 57.9 Å². The zero-order valence-corrected chi connectivity index (χ0v) is 8.96. The minimum atomic E-state index is -0.147. The zero-order chi connectivity index (χ0) is 10.7. The van der Waals surface area contributed by atoms with E-state index in [2.05, 4.69) is 15.9 Å². The number of nitrogens with zero attached hydrogens (tertiary/aromatic N) is 1. The molecule has 0 aromatic heterocycles. The lowest BCUT2D eigenvalue weighted by atomic mass is 10.0. The summed E-state index contributed by atoms with van der Waals surface area (Å²) in [6, 6.07) is 4.75. The van der Waals surface area contributed by atoms with E-state index >= 15 is 0 Å². The van der Waals surface area contributed by atoms with E-state index in [4.69, 9.17) is 5.26 Å². The fourth-order valence-corrected chi connectivity index (χ4v) is 1.69. The Kier molecular flexibility index (Phi) is 3.15. The van der Waals surface area contributed by atoms with Gasteiger partial charge in [0.1, 0.15) is 0 Å². The number of nitriles is 1. The van der Waals surface area contributed by atoms with Crippen LogP contribution in [0.4, 0.5) is 0 Å². The van der Waals surface area contributed by atoms with Crippen LogP contribution in [0.25, 0.3) is 0 Å². The van der Waals surface area contributed by atoms with E-state index in [0.717, 1.165) is 0 Å². The van der Waals surface area contributed by atoms with Gasteiger partial charge in [-0.2, -0.15) is 5.26 Å². The first-order valence-corrected chi connectivity index (χ1v) is 4.59. The lowest BCUT2D eigenvalue weighted by molar-refractivity contribution is 0.101. The van der Waals surface area contributed by atoms with E-state index in [1.54, 1.807) is 0 Å². The van der Waals surface area contributed by atoms with Gasteiger partial charge in [-0.3, -0.25) is 9.59 Å². The molecule has 0 amide bonds. The number of Topliss-reactive ketones (excluding diaryl/α,β-unsaturated/α-hetero) is 1. The Hall–Kier alpha value is -1.47. The molecule has 70 valence electrons. The minimum Gasteiger partial charge on any atom is -0.298 e. The lowest BCUT2D eigenvalue weighted by Crippen LogP contribution is -1.98. The van der Waals surface area contributed by atoms with Gasteiger partial charge in [0.25, 0.3) is 0 Å². The Morgan fingerprint density at radius 1 is 1.57 bits per heavy atom. The third-order valence-electron chi connectivity index (χ3n) is 1.77. The summed E-state index contributed by atoms with van der Waals surface area (Å²) < 4.78 is 0.533. The quantitative estimate of drug-likeness (QED) is 0.599. The molecule has 0 atom stereocenters. The Morgan fingerprint density at radius 3 is 2.64 bits per heavy atom. The molecule has 1 aromatic carbocycles. The number of carbonyl (C=O) groups is 2. The SMILES string of the molecule is CC(=O)c1cc(C#N)c(C=O)cc1Br. The number of aldehydes is 1. The number of ketones is 1. The van der Waals surface area contributed by atoms with Gasteiger partial charge < -0.3 is 0 Å². The third kappa shape index (κ3) is 1.88. The van der Waals surface area contributed by atoms with Gasteiger partial charge in [-0.25, -0.2) is 0 Å². The average Bonchev–Trinajstić information content (AvgIpc) is 2.16. The monoisotopic (exact) mass is 251 g/mol. The Bertz CT molecular complexity index is 446. The van der Waals surface area contributed by atoms with Crippen molar-refractivity contribution in [2.45, 2.75) is 6.92 Å². The molecule has 0 spiro atoms. The molecule has 0 fully saturated rings. The van der Waals surface area contributed by atoms with Crippen molar-refractivity contribution < 1.29 is 9.59 Å². The Balaban J connectivity index is 3.47. The maximum absolute atomic E-state index is 11.1. The number of hydrogen-bond donors (Lipinski definition) is 0. The van der Waals surface area contributed by atoms with E-state index in [-0.39, 0.29) is 16.9 Å². The maximum atomic E-state index is 11.1. The van der Waals surface area contributed by atoms with Crippen molar-refractivity contribution in [3.05, 3.63) is 33.3 Å². The molecule has 0 radical (unpaired) electrons. The van der Waals surface area contributed by atoms with Gasteiger partial charge in [0, 0.05) is 15.6 Å². The van der Waals surface area contributed by atoms with Crippen molar-refractivity contribution in [2.75, 3.05) is 0 Å². The molecule has 0 saturated carbocycles. The highest BCUT2D eigenvalue weighted by molar-refractivity contribution is 9.10. The van der Waals surface area contributed by atoms with Crippen molar-refractivity contribution in [1.82, 2.24) is 0 Å². The van der Waals surface area contributed by atoms with Crippen molar-refractivity contribution in [3.63, 3.8) is 0 Å². The van der Waals surface area contributed by atoms with E-state index in [0.29, 0.717) is 16.3 Å². The van der Waals surface area contributed by atoms with Crippen molar-refractivity contribution in [1.29, 1.82) is 5.26 Å². The summed E-state index contributed by atoms with van der Waals surface area (Å²) in [5.41, 5.74) is 0.907. The fourth-order valence-electron chi connectivity index (χ4n) is 1.05. The van der Waals surface area contributed by atoms with Crippen molar-refractivity contribution in [3.8, 4) is 6.07 Å². The van der Waals surface area contributed by atoms with Gasteiger partial charge in [0.05, 0.1) is 11.6 Å². The van der Waals surface area contributed by atoms with Gasteiger partial charge in [-0.15, -0.1) is 0 Å². The summed E-state index contributed by atoms with van der Waals surface area (Å²) in [5, 5.41) is 8.71. The predicted molar refractivity (Wildman–Crippen MR) is 54.2 cm³/mol. The van der Waals surface area contributed by atoms with Crippen LogP contribution < -0.4 is 0 Å². The molecule has 14 heavy (non-hydrogen) atoms. The zero-order valence-electron chi connectivity index (χ0n) is 7.37. The maximum Gasteiger partial charge on any atom is 0.160 e. The second-order valence-electron chi connectivity index (χ2n) is 2.71.